The van der Waals surface area contributed by atoms with Crippen molar-refractivity contribution in [1.29, 1.82) is 0 Å². The van der Waals surface area contributed by atoms with Crippen molar-refractivity contribution < 1.29 is 19.4 Å². The van der Waals surface area contributed by atoms with Gasteiger partial charge in [0.2, 0.25) is 0 Å². The van der Waals surface area contributed by atoms with Crippen LogP contribution in [0.15, 0.2) is 73.3 Å². The molecule has 1 fully saturated rings. The van der Waals surface area contributed by atoms with Crippen LogP contribution in [0.4, 0.5) is 0 Å². The summed E-state index contributed by atoms with van der Waals surface area (Å²) in [6.45, 7) is 8.88. The van der Waals surface area contributed by atoms with Crippen molar-refractivity contribution in [2.75, 3.05) is 6.61 Å². The van der Waals surface area contributed by atoms with Gasteiger partial charge in [0.1, 0.15) is 12.2 Å². The summed E-state index contributed by atoms with van der Waals surface area (Å²) in [4.78, 5) is 0. The molecule has 0 amide bonds. The van der Waals surface area contributed by atoms with Crippen LogP contribution in [0, 0.1) is 0 Å². The average molecular weight is 383 g/mol. The number of nitrogens with zero attached hydrogens (tertiary/aromatic N) is 1. The molecule has 150 valence electrons. The van der Waals surface area contributed by atoms with Gasteiger partial charge in [-0.2, -0.15) is 5.06 Å². The maximum atomic E-state index is 10.7. The quantitative estimate of drug-likeness (QED) is 0.520. The Bertz CT molecular complexity index is 735. The van der Waals surface area contributed by atoms with Gasteiger partial charge >= 0.3 is 0 Å². The molecule has 1 aliphatic heterocycles. The highest BCUT2D eigenvalue weighted by atomic mass is 16.8. The highest BCUT2D eigenvalue weighted by Gasteiger charge is 2.46. The summed E-state index contributed by atoms with van der Waals surface area (Å²) < 4.78 is 18.0. The van der Waals surface area contributed by atoms with E-state index in [-0.39, 0.29) is 6.10 Å². The Balaban J connectivity index is 1.64. The third-order valence-electron chi connectivity index (χ3n) is 4.72. The van der Waals surface area contributed by atoms with Crippen LogP contribution in [0.3, 0.4) is 0 Å². The molecule has 1 heterocycles. The number of ether oxygens (including phenoxy) is 3. The molecule has 5 nitrogen and oxygen atoms in total. The molecule has 3 rings (SSSR count). The van der Waals surface area contributed by atoms with Gasteiger partial charge < -0.3 is 19.4 Å². The van der Waals surface area contributed by atoms with Gasteiger partial charge in [0.15, 0.2) is 5.79 Å². The van der Waals surface area contributed by atoms with Gasteiger partial charge in [-0.1, -0.05) is 66.7 Å². The molecular formula is C23H29NO4. The Labute approximate surface area is 167 Å². The van der Waals surface area contributed by atoms with Crippen LogP contribution in [0.2, 0.25) is 0 Å². The molecule has 2 aromatic carbocycles. The number of rotatable bonds is 9. The monoisotopic (exact) mass is 383 g/mol. The Morgan fingerprint density at radius 1 is 1.07 bits per heavy atom. The zero-order chi connectivity index (χ0) is 20.0. The van der Waals surface area contributed by atoms with Crippen LogP contribution < -0.4 is 0 Å². The zero-order valence-corrected chi connectivity index (χ0v) is 16.5. The van der Waals surface area contributed by atoms with E-state index in [0.29, 0.717) is 19.8 Å². The first-order valence-electron chi connectivity index (χ1n) is 9.58. The molecule has 0 saturated carbocycles. The molecule has 0 radical (unpaired) electrons. The molecule has 1 N–H and O–H groups in total. The fourth-order valence-corrected chi connectivity index (χ4v) is 3.45. The zero-order valence-electron chi connectivity index (χ0n) is 16.5. The lowest BCUT2D eigenvalue weighted by Crippen LogP contribution is -2.46. The second-order valence-corrected chi connectivity index (χ2v) is 7.45. The minimum absolute atomic E-state index is 0.313. The Morgan fingerprint density at radius 3 is 2.29 bits per heavy atom. The summed E-state index contributed by atoms with van der Waals surface area (Å²) in [6, 6.07) is 19.4. The second-order valence-electron chi connectivity index (χ2n) is 7.45. The van der Waals surface area contributed by atoms with E-state index in [1.807, 2.05) is 74.5 Å². The molecule has 0 bridgehead atoms. The molecule has 0 aromatic heterocycles. The average Bonchev–Trinajstić information content (AvgIpc) is 2.98. The molecule has 2 aromatic rings. The maximum Gasteiger partial charge on any atom is 0.163 e. The number of hydrogen-bond donors (Lipinski definition) is 1. The van der Waals surface area contributed by atoms with E-state index in [4.69, 9.17) is 14.2 Å². The van der Waals surface area contributed by atoms with Gasteiger partial charge in [-0.3, -0.25) is 0 Å². The fourth-order valence-electron chi connectivity index (χ4n) is 3.45. The first kappa shape index (κ1) is 20.7. The molecule has 28 heavy (non-hydrogen) atoms. The van der Waals surface area contributed by atoms with Crippen LogP contribution in [0.5, 0.6) is 0 Å². The first-order valence-corrected chi connectivity index (χ1v) is 9.58. The van der Waals surface area contributed by atoms with Crippen molar-refractivity contribution in [3.05, 3.63) is 84.4 Å². The minimum Gasteiger partial charge on any atom is -0.374 e. The van der Waals surface area contributed by atoms with Crippen LogP contribution in [0.1, 0.15) is 25.0 Å². The predicted octanol–water partition coefficient (Wildman–Crippen LogP) is 4.17. The van der Waals surface area contributed by atoms with Gasteiger partial charge in [0.05, 0.1) is 19.3 Å². The largest absolute Gasteiger partial charge is 0.374 e. The van der Waals surface area contributed by atoms with Gasteiger partial charge in [-0.25, -0.2) is 0 Å². The lowest BCUT2D eigenvalue weighted by molar-refractivity contribution is -0.178. The lowest BCUT2D eigenvalue weighted by Gasteiger charge is -2.30. The molecule has 0 spiro atoms. The molecule has 1 aliphatic rings. The predicted molar refractivity (Wildman–Crippen MR) is 108 cm³/mol. The molecule has 5 heteroatoms. The highest BCUT2D eigenvalue weighted by molar-refractivity contribution is 5.15. The minimum atomic E-state index is -0.750. The van der Waals surface area contributed by atoms with E-state index < -0.39 is 17.9 Å². The first-order chi connectivity index (χ1) is 13.5. The summed E-state index contributed by atoms with van der Waals surface area (Å²) in [7, 11) is 0. The summed E-state index contributed by atoms with van der Waals surface area (Å²) in [5.74, 6) is -0.750. The number of benzene rings is 2. The third kappa shape index (κ3) is 5.50. The van der Waals surface area contributed by atoms with Crippen molar-refractivity contribution >= 4 is 0 Å². The number of hydrogen-bond acceptors (Lipinski definition) is 5. The Hall–Kier alpha value is -2.02. The molecule has 3 atom stereocenters. The molecule has 1 saturated heterocycles. The maximum absolute atomic E-state index is 10.7. The SMILES string of the molecule is C=C[C@@H]([C@@H]1OC(C)(C)O[C@H]1COCc1ccccc1)N(O)Cc1ccccc1. The topological polar surface area (TPSA) is 51.2 Å². The Kier molecular flexibility index (Phi) is 6.99. The second kappa shape index (κ2) is 9.45. The van der Waals surface area contributed by atoms with E-state index in [1.54, 1.807) is 6.08 Å². The van der Waals surface area contributed by atoms with E-state index in [9.17, 15) is 5.21 Å². The molecule has 0 aliphatic carbocycles. The van der Waals surface area contributed by atoms with Crippen LogP contribution in [-0.4, -0.2) is 40.9 Å². The van der Waals surface area contributed by atoms with Gasteiger partial charge in [-0.05, 0) is 25.0 Å². The van der Waals surface area contributed by atoms with E-state index >= 15 is 0 Å². The smallest absolute Gasteiger partial charge is 0.163 e. The summed E-state index contributed by atoms with van der Waals surface area (Å²) in [5, 5.41) is 12.0. The molecule has 0 unspecified atom stereocenters. The van der Waals surface area contributed by atoms with Crippen molar-refractivity contribution in [3.8, 4) is 0 Å². The summed E-state index contributed by atoms with van der Waals surface area (Å²) in [5.41, 5.74) is 2.11. The van der Waals surface area contributed by atoms with Crippen molar-refractivity contribution in [2.24, 2.45) is 0 Å². The van der Waals surface area contributed by atoms with E-state index in [0.717, 1.165) is 11.1 Å². The van der Waals surface area contributed by atoms with Crippen molar-refractivity contribution in [2.45, 2.75) is 51.0 Å². The van der Waals surface area contributed by atoms with E-state index in [1.165, 1.54) is 5.06 Å². The van der Waals surface area contributed by atoms with Crippen LogP contribution in [-0.2, 0) is 27.4 Å². The van der Waals surface area contributed by atoms with Gasteiger partial charge in [0, 0.05) is 6.54 Å². The normalized spacial score (nSPS) is 22.3. The van der Waals surface area contributed by atoms with Gasteiger partial charge in [-0.15, -0.1) is 6.58 Å². The fraction of sp³-hybridized carbons (Fsp3) is 0.391. The van der Waals surface area contributed by atoms with E-state index in [2.05, 4.69) is 6.58 Å². The van der Waals surface area contributed by atoms with Crippen LogP contribution >= 0.6 is 0 Å². The van der Waals surface area contributed by atoms with Crippen LogP contribution in [0.25, 0.3) is 0 Å². The van der Waals surface area contributed by atoms with Crippen molar-refractivity contribution in [3.63, 3.8) is 0 Å². The number of hydroxylamine groups is 2. The highest BCUT2D eigenvalue weighted by Crippen LogP contribution is 2.32. The standard InChI is InChI=1S/C23H29NO4/c1-4-20(24(25)15-18-11-7-5-8-12-18)22-21(27-23(2,3)28-22)17-26-16-19-13-9-6-10-14-19/h4-14,20-22,25H,1,15-17H2,2-3H3/t20-,21-,22-/m0/s1. The summed E-state index contributed by atoms with van der Waals surface area (Å²) in [6.07, 6.45) is 0.992. The third-order valence-corrected chi connectivity index (χ3v) is 4.72. The molecular weight excluding hydrogens is 354 g/mol. The Morgan fingerprint density at radius 2 is 1.68 bits per heavy atom. The van der Waals surface area contributed by atoms with Crippen molar-refractivity contribution in [1.82, 2.24) is 5.06 Å². The van der Waals surface area contributed by atoms with Gasteiger partial charge in [0.25, 0.3) is 0 Å². The summed E-state index contributed by atoms with van der Waals surface area (Å²) >= 11 is 0. The lowest BCUT2D eigenvalue weighted by atomic mass is 10.0.